The Hall–Kier alpha value is -2.69. The lowest BCUT2D eigenvalue weighted by Gasteiger charge is -2.31. The normalized spacial score (nSPS) is 15.0. The monoisotopic (exact) mass is 337 g/mol. The molecule has 130 valence electrons. The SMILES string of the molecule is Cc1ccc(NC(=O)C2CCN(C(=O)c3cccnc3)CC2)c(C)c1. The van der Waals surface area contributed by atoms with E-state index in [1.165, 1.54) is 5.56 Å². The van der Waals surface area contributed by atoms with E-state index in [0.29, 0.717) is 31.5 Å². The second-order valence-electron chi connectivity index (χ2n) is 6.62. The van der Waals surface area contributed by atoms with Crippen LogP contribution in [0.25, 0.3) is 0 Å². The van der Waals surface area contributed by atoms with Crippen molar-refractivity contribution in [3.63, 3.8) is 0 Å². The molecule has 1 aliphatic heterocycles. The first-order valence-corrected chi connectivity index (χ1v) is 8.62. The standard InChI is InChI=1S/C20H23N3O2/c1-14-5-6-18(15(2)12-14)22-19(24)16-7-10-23(11-8-16)20(25)17-4-3-9-21-13-17/h3-6,9,12-13,16H,7-8,10-11H2,1-2H3,(H,22,24). The highest BCUT2D eigenvalue weighted by Crippen LogP contribution is 2.22. The number of aryl methyl sites for hydroxylation is 2. The summed E-state index contributed by atoms with van der Waals surface area (Å²) in [6.07, 6.45) is 4.60. The van der Waals surface area contributed by atoms with Crippen molar-refractivity contribution in [3.05, 3.63) is 59.4 Å². The topological polar surface area (TPSA) is 62.3 Å². The number of likely N-dealkylation sites (tertiary alicyclic amines) is 1. The van der Waals surface area contributed by atoms with Crippen LogP contribution in [0.1, 0.15) is 34.3 Å². The molecule has 1 N–H and O–H groups in total. The van der Waals surface area contributed by atoms with E-state index < -0.39 is 0 Å². The maximum atomic E-state index is 12.5. The zero-order valence-electron chi connectivity index (χ0n) is 14.7. The molecule has 1 aromatic carbocycles. The summed E-state index contributed by atoms with van der Waals surface area (Å²) in [6.45, 7) is 5.22. The second kappa shape index (κ2) is 7.47. The average molecular weight is 337 g/mol. The van der Waals surface area contributed by atoms with Crippen LogP contribution in [0.4, 0.5) is 5.69 Å². The van der Waals surface area contributed by atoms with Crippen LogP contribution in [0.3, 0.4) is 0 Å². The molecule has 0 spiro atoms. The van der Waals surface area contributed by atoms with Crippen LogP contribution in [0.2, 0.25) is 0 Å². The number of hydrogen-bond acceptors (Lipinski definition) is 3. The summed E-state index contributed by atoms with van der Waals surface area (Å²) < 4.78 is 0. The molecule has 25 heavy (non-hydrogen) atoms. The largest absolute Gasteiger partial charge is 0.339 e. The number of carbonyl (C=O) groups is 2. The van der Waals surface area contributed by atoms with Gasteiger partial charge in [0, 0.05) is 37.1 Å². The van der Waals surface area contributed by atoms with E-state index in [9.17, 15) is 9.59 Å². The van der Waals surface area contributed by atoms with Crippen LogP contribution in [0.5, 0.6) is 0 Å². The average Bonchev–Trinajstić information content (AvgIpc) is 2.64. The van der Waals surface area contributed by atoms with Crippen molar-refractivity contribution >= 4 is 17.5 Å². The molecular formula is C20H23N3O2. The lowest BCUT2D eigenvalue weighted by Crippen LogP contribution is -2.41. The molecule has 1 saturated heterocycles. The molecule has 1 aliphatic rings. The van der Waals surface area contributed by atoms with Gasteiger partial charge in [-0.1, -0.05) is 17.7 Å². The smallest absolute Gasteiger partial charge is 0.255 e. The maximum Gasteiger partial charge on any atom is 0.255 e. The van der Waals surface area contributed by atoms with Crippen LogP contribution >= 0.6 is 0 Å². The molecule has 5 heteroatoms. The van der Waals surface area contributed by atoms with Crippen LogP contribution in [-0.4, -0.2) is 34.8 Å². The van der Waals surface area contributed by atoms with Gasteiger partial charge in [-0.15, -0.1) is 0 Å². The van der Waals surface area contributed by atoms with Gasteiger partial charge in [0.1, 0.15) is 0 Å². The molecule has 2 heterocycles. The summed E-state index contributed by atoms with van der Waals surface area (Å²) in [5, 5.41) is 3.03. The molecule has 0 radical (unpaired) electrons. The molecule has 2 amide bonds. The number of aromatic nitrogens is 1. The van der Waals surface area contributed by atoms with Crippen LogP contribution in [0.15, 0.2) is 42.7 Å². The molecule has 0 bridgehead atoms. The van der Waals surface area contributed by atoms with Crippen molar-refractivity contribution in [1.29, 1.82) is 0 Å². The Morgan fingerprint density at radius 2 is 1.92 bits per heavy atom. The Labute approximate surface area is 148 Å². The van der Waals surface area contributed by atoms with Crippen LogP contribution < -0.4 is 5.32 Å². The predicted molar refractivity (Wildman–Crippen MR) is 97.4 cm³/mol. The number of hydrogen-bond donors (Lipinski definition) is 1. The van der Waals surface area contributed by atoms with Gasteiger partial charge in [-0.05, 0) is 50.5 Å². The molecule has 0 saturated carbocycles. The van der Waals surface area contributed by atoms with Crippen molar-refractivity contribution in [3.8, 4) is 0 Å². The van der Waals surface area contributed by atoms with E-state index in [-0.39, 0.29) is 17.7 Å². The first kappa shape index (κ1) is 17.1. The van der Waals surface area contributed by atoms with E-state index >= 15 is 0 Å². The first-order chi connectivity index (χ1) is 12.0. The number of nitrogens with one attached hydrogen (secondary N) is 1. The molecule has 1 aromatic heterocycles. The van der Waals surface area contributed by atoms with E-state index in [0.717, 1.165) is 11.3 Å². The van der Waals surface area contributed by atoms with Crippen LogP contribution in [-0.2, 0) is 4.79 Å². The fourth-order valence-electron chi connectivity index (χ4n) is 3.21. The number of pyridine rings is 1. The molecule has 1 fully saturated rings. The van der Waals surface area contributed by atoms with Crippen molar-refractivity contribution in [2.24, 2.45) is 5.92 Å². The molecule has 0 atom stereocenters. The summed E-state index contributed by atoms with van der Waals surface area (Å²) in [5.74, 6) is -0.0274. The Morgan fingerprint density at radius 3 is 2.56 bits per heavy atom. The number of anilines is 1. The second-order valence-corrected chi connectivity index (χ2v) is 6.62. The van der Waals surface area contributed by atoms with E-state index in [4.69, 9.17) is 0 Å². The lowest BCUT2D eigenvalue weighted by molar-refractivity contribution is -0.121. The fourth-order valence-corrected chi connectivity index (χ4v) is 3.21. The van der Waals surface area contributed by atoms with Gasteiger partial charge in [-0.25, -0.2) is 0 Å². The fraction of sp³-hybridized carbons (Fsp3) is 0.350. The van der Waals surface area contributed by atoms with Gasteiger partial charge in [0.05, 0.1) is 5.56 Å². The van der Waals surface area contributed by atoms with Gasteiger partial charge in [-0.3, -0.25) is 14.6 Å². The Bertz CT molecular complexity index is 766. The number of nitrogens with zero attached hydrogens (tertiary/aromatic N) is 2. The summed E-state index contributed by atoms with van der Waals surface area (Å²) in [6, 6.07) is 9.54. The minimum atomic E-state index is -0.0568. The number of amides is 2. The maximum absolute atomic E-state index is 12.5. The molecular weight excluding hydrogens is 314 g/mol. The lowest BCUT2D eigenvalue weighted by atomic mass is 9.95. The Kier molecular flexibility index (Phi) is 5.12. The van der Waals surface area contributed by atoms with Crippen molar-refractivity contribution < 1.29 is 9.59 Å². The van der Waals surface area contributed by atoms with Gasteiger partial charge < -0.3 is 10.2 Å². The van der Waals surface area contributed by atoms with Gasteiger partial charge >= 0.3 is 0 Å². The zero-order chi connectivity index (χ0) is 17.8. The zero-order valence-corrected chi connectivity index (χ0v) is 14.7. The molecule has 0 unspecified atom stereocenters. The minimum absolute atomic E-state index is 0.0127. The third-order valence-electron chi connectivity index (χ3n) is 4.70. The van der Waals surface area contributed by atoms with E-state index in [1.54, 1.807) is 29.4 Å². The van der Waals surface area contributed by atoms with Crippen molar-refractivity contribution in [1.82, 2.24) is 9.88 Å². The van der Waals surface area contributed by atoms with E-state index in [2.05, 4.69) is 16.4 Å². The summed E-state index contributed by atoms with van der Waals surface area (Å²) in [5.41, 5.74) is 3.71. The molecule has 3 rings (SSSR count). The number of carbonyl (C=O) groups excluding carboxylic acids is 2. The summed E-state index contributed by atoms with van der Waals surface area (Å²) in [7, 11) is 0. The molecule has 5 nitrogen and oxygen atoms in total. The van der Waals surface area contributed by atoms with Gasteiger partial charge in [-0.2, -0.15) is 0 Å². The van der Waals surface area contributed by atoms with Gasteiger partial charge in [0.25, 0.3) is 5.91 Å². The number of rotatable bonds is 3. The van der Waals surface area contributed by atoms with Crippen molar-refractivity contribution in [2.45, 2.75) is 26.7 Å². The highest BCUT2D eigenvalue weighted by Gasteiger charge is 2.28. The van der Waals surface area contributed by atoms with Crippen LogP contribution in [0, 0.1) is 19.8 Å². The third-order valence-corrected chi connectivity index (χ3v) is 4.70. The highest BCUT2D eigenvalue weighted by atomic mass is 16.2. The molecule has 0 aliphatic carbocycles. The first-order valence-electron chi connectivity index (χ1n) is 8.62. The number of benzene rings is 1. The van der Waals surface area contributed by atoms with Gasteiger partial charge in [0.2, 0.25) is 5.91 Å². The Balaban J connectivity index is 1.56. The highest BCUT2D eigenvalue weighted by molar-refractivity contribution is 5.95. The molecule has 2 aromatic rings. The van der Waals surface area contributed by atoms with E-state index in [1.807, 2.05) is 26.0 Å². The number of piperidine rings is 1. The van der Waals surface area contributed by atoms with Crippen molar-refractivity contribution in [2.75, 3.05) is 18.4 Å². The summed E-state index contributed by atoms with van der Waals surface area (Å²) in [4.78, 5) is 30.8. The van der Waals surface area contributed by atoms with Gasteiger partial charge in [0.15, 0.2) is 0 Å². The minimum Gasteiger partial charge on any atom is -0.339 e. The third kappa shape index (κ3) is 4.05. The predicted octanol–water partition coefficient (Wildman–Crippen LogP) is 3.19. The quantitative estimate of drug-likeness (QED) is 0.935. The summed E-state index contributed by atoms with van der Waals surface area (Å²) >= 11 is 0. The Morgan fingerprint density at radius 1 is 1.16 bits per heavy atom.